The van der Waals surface area contributed by atoms with Gasteiger partial charge in [0.15, 0.2) is 0 Å². The van der Waals surface area contributed by atoms with Crippen molar-refractivity contribution in [3.63, 3.8) is 0 Å². The van der Waals surface area contributed by atoms with Crippen LogP contribution in [0.2, 0.25) is 0 Å². The van der Waals surface area contributed by atoms with Gasteiger partial charge in [-0.15, -0.1) is 0 Å². The minimum absolute atomic E-state index is 0.0122. The summed E-state index contributed by atoms with van der Waals surface area (Å²) in [6.07, 6.45) is 3.52. The molecule has 1 aliphatic carbocycles. The number of benzene rings is 1. The van der Waals surface area contributed by atoms with Crippen LogP contribution in [0.5, 0.6) is 0 Å². The van der Waals surface area contributed by atoms with E-state index >= 15 is 0 Å². The van der Waals surface area contributed by atoms with E-state index in [1.54, 1.807) is 11.0 Å². The average Bonchev–Trinajstić information content (AvgIpc) is 3.05. The van der Waals surface area contributed by atoms with Crippen LogP contribution in [-0.2, 0) is 16.0 Å². The van der Waals surface area contributed by atoms with E-state index in [0.717, 1.165) is 18.4 Å². The number of hydrogen-bond donors (Lipinski definition) is 1. The fraction of sp³-hybridized carbons (Fsp3) is 0.500. The lowest BCUT2D eigenvalue weighted by Gasteiger charge is -2.26. The fourth-order valence-corrected chi connectivity index (χ4v) is 3.51. The summed E-state index contributed by atoms with van der Waals surface area (Å²) in [6, 6.07) is 4.45. The van der Waals surface area contributed by atoms with Gasteiger partial charge in [0.05, 0.1) is 5.41 Å². The van der Waals surface area contributed by atoms with Gasteiger partial charge in [0.1, 0.15) is 5.82 Å². The molecule has 0 unspecified atom stereocenters. The highest BCUT2D eigenvalue weighted by Crippen LogP contribution is 2.42. The Labute approximate surface area is 122 Å². The Hall–Kier alpha value is -1.91. The molecule has 1 amide bonds. The molecule has 1 N–H and O–H groups in total. The van der Waals surface area contributed by atoms with Crippen molar-refractivity contribution in [1.29, 1.82) is 0 Å². The number of amides is 1. The first-order chi connectivity index (χ1) is 10.0. The number of carbonyl (C=O) groups excluding carboxylic acids is 1. The van der Waals surface area contributed by atoms with Crippen LogP contribution in [0, 0.1) is 11.2 Å². The largest absolute Gasteiger partial charge is 0.481 e. The van der Waals surface area contributed by atoms with E-state index in [-0.39, 0.29) is 18.1 Å². The quantitative estimate of drug-likeness (QED) is 0.931. The van der Waals surface area contributed by atoms with E-state index in [9.17, 15) is 19.1 Å². The molecule has 0 aromatic heterocycles. The Morgan fingerprint density at radius 1 is 1.29 bits per heavy atom. The first kappa shape index (κ1) is 14.0. The number of carboxylic acids is 1. The number of nitrogens with zero attached hydrogens (tertiary/aromatic N) is 1. The maximum Gasteiger partial charge on any atom is 0.310 e. The van der Waals surface area contributed by atoms with E-state index in [1.807, 2.05) is 0 Å². The molecule has 1 aliphatic heterocycles. The van der Waals surface area contributed by atoms with Crippen LogP contribution in [0.1, 0.15) is 37.7 Å². The number of fused-ring (bicyclic) bond motifs is 1. The van der Waals surface area contributed by atoms with Gasteiger partial charge in [-0.2, -0.15) is 0 Å². The van der Waals surface area contributed by atoms with Crippen molar-refractivity contribution in [3.8, 4) is 0 Å². The second-order valence-corrected chi connectivity index (χ2v) is 6.04. The molecule has 4 nitrogen and oxygen atoms in total. The molecule has 1 aromatic rings. The third kappa shape index (κ3) is 2.41. The van der Waals surface area contributed by atoms with Crippen LogP contribution in [-0.4, -0.2) is 23.5 Å². The van der Waals surface area contributed by atoms with Crippen LogP contribution in [0.15, 0.2) is 18.2 Å². The zero-order valence-electron chi connectivity index (χ0n) is 11.8. The number of carbonyl (C=O) groups is 2. The molecule has 1 heterocycles. The third-order valence-electron chi connectivity index (χ3n) is 4.75. The second-order valence-electron chi connectivity index (χ2n) is 6.04. The smallest absolute Gasteiger partial charge is 0.310 e. The molecular weight excluding hydrogens is 273 g/mol. The molecule has 1 fully saturated rings. The van der Waals surface area contributed by atoms with Crippen molar-refractivity contribution in [3.05, 3.63) is 29.6 Å². The number of anilines is 1. The molecule has 21 heavy (non-hydrogen) atoms. The highest BCUT2D eigenvalue weighted by Gasteiger charge is 2.44. The molecule has 0 atom stereocenters. The standard InChI is InChI=1S/C16H18FNO3/c17-12-4-3-11-5-8-18(13(11)9-12)14(19)10-16(15(20)21)6-1-2-7-16/h3-4,9H,1-2,5-8,10H2,(H,20,21). The Morgan fingerprint density at radius 3 is 2.67 bits per heavy atom. The summed E-state index contributed by atoms with van der Waals surface area (Å²) in [5.41, 5.74) is 0.617. The monoisotopic (exact) mass is 291 g/mol. The van der Waals surface area contributed by atoms with E-state index in [4.69, 9.17) is 0 Å². The van der Waals surface area contributed by atoms with Gasteiger partial charge in [-0.25, -0.2) is 4.39 Å². The summed E-state index contributed by atoms with van der Waals surface area (Å²) in [6.45, 7) is 0.507. The number of halogens is 1. The van der Waals surface area contributed by atoms with E-state index < -0.39 is 11.4 Å². The Bertz CT molecular complexity index is 593. The Morgan fingerprint density at radius 2 is 2.00 bits per heavy atom. The van der Waals surface area contributed by atoms with Crippen LogP contribution in [0.3, 0.4) is 0 Å². The first-order valence-corrected chi connectivity index (χ1v) is 7.34. The summed E-state index contributed by atoms with van der Waals surface area (Å²) >= 11 is 0. The van der Waals surface area contributed by atoms with E-state index in [2.05, 4.69) is 0 Å². The van der Waals surface area contributed by atoms with E-state index in [1.165, 1.54) is 12.1 Å². The summed E-state index contributed by atoms with van der Waals surface area (Å²) in [5.74, 6) is -1.46. The Kier molecular flexibility index (Phi) is 3.43. The predicted octanol–water partition coefficient (Wildman–Crippen LogP) is 2.75. The zero-order chi connectivity index (χ0) is 15.0. The van der Waals surface area contributed by atoms with Gasteiger partial charge in [0.25, 0.3) is 0 Å². The molecule has 5 heteroatoms. The van der Waals surface area contributed by atoms with Gasteiger partial charge in [-0.05, 0) is 37.0 Å². The van der Waals surface area contributed by atoms with Crippen LogP contribution in [0.4, 0.5) is 10.1 Å². The van der Waals surface area contributed by atoms with Crippen molar-refractivity contribution in [2.24, 2.45) is 5.41 Å². The lowest BCUT2D eigenvalue weighted by atomic mass is 9.82. The summed E-state index contributed by atoms with van der Waals surface area (Å²) in [5, 5.41) is 9.46. The third-order valence-corrected chi connectivity index (χ3v) is 4.75. The molecule has 0 bridgehead atoms. The molecule has 1 aromatic carbocycles. The van der Waals surface area contributed by atoms with Crippen molar-refractivity contribution in [1.82, 2.24) is 0 Å². The minimum Gasteiger partial charge on any atom is -0.481 e. The average molecular weight is 291 g/mol. The summed E-state index contributed by atoms with van der Waals surface area (Å²) in [7, 11) is 0. The SMILES string of the molecule is O=C(CC1(C(=O)O)CCCC1)N1CCc2ccc(F)cc21. The summed E-state index contributed by atoms with van der Waals surface area (Å²) < 4.78 is 13.4. The minimum atomic E-state index is -0.923. The van der Waals surface area contributed by atoms with Gasteiger partial charge in [-0.1, -0.05) is 18.9 Å². The normalized spacial score (nSPS) is 19.6. The molecule has 112 valence electrons. The fourth-order valence-electron chi connectivity index (χ4n) is 3.51. The number of rotatable bonds is 3. The van der Waals surface area contributed by atoms with Crippen LogP contribution in [0.25, 0.3) is 0 Å². The van der Waals surface area contributed by atoms with Crippen molar-refractivity contribution < 1.29 is 19.1 Å². The Balaban J connectivity index is 1.81. The van der Waals surface area contributed by atoms with E-state index in [0.29, 0.717) is 31.5 Å². The van der Waals surface area contributed by atoms with Crippen LogP contribution >= 0.6 is 0 Å². The second kappa shape index (κ2) is 5.13. The lowest BCUT2D eigenvalue weighted by Crippen LogP contribution is -2.37. The predicted molar refractivity (Wildman–Crippen MR) is 75.6 cm³/mol. The van der Waals surface area contributed by atoms with Gasteiger partial charge >= 0.3 is 5.97 Å². The number of carboxylic acid groups (broad SMARTS) is 1. The van der Waals surface area contributed by atoms with Gasteiger partial charge in [0.2, 0.25) is 5.91 Å². The molecule has 1 saturated carbocycles. The number of aliphatic carboxylic acids is 1. The molecule has 0 spiro atoms. The molecule has 2 aliphatic rings. The molecule has 0 radical (unpaired) electrons. The first-order valence-electron chi connectivity index (χ1n) is 7.34. The molecular formula is C16H18FNO3. The zero-order valence-corrected chi connectivity index (χ0v) is 11.8. The lowest BCUT2D eigenvalue weighted by molar-refractivity contribution is -0.151. The van der Waals surface area contributed by atoms with Crippen LogP contribution < -0.4 is 4.90 Å². The topological polar surface area (TPSA) is 57.6 Å². The van der Waals surface area contributed by atoms with Gasteiger partial charge < -0.3 is 10.0 Å². The van der Waals surface area contributed by atoms with Gasteiger partial charge in [-0.3, -0.25) is 9.59 Å². The highest BCUT2D eigenvalue weighted by atomic mass is 19.1. The summed E-state index contributed by atoms with van der Waals surface area (Å²) in [4.78, 5) is 25.6. The van der Waals surface area contributed by atoms with Crippen molar-refractivity contribution in [2.75, 3.05) is 11.4 Å². The highest BCUT2D eigenvalue weighted by molar-refractivity contribution is 5.98. The maximum atomic E-state index is 13.4. The van der Waals surface area contributed by atoms with Crippen molar-refractivity contribution in [2.45, 2.75) is 38.5 Å². The van der Waals surface area contributed by atoms with Crippen molar-refractivity contribution >= 4 is 17.6 Å². The maximum absolute atomic E-state index is 13.4. The van der Waals surface area contributed by atoms with Gasteiger partial charge in [0, 0.05) is 18.7 Å². The molecule has 0 saturated heterocycles. The number of hydrogen-bond acceptors (Lipinski definition) is 2. The molecule has 3 rings (SSSR count).